The molecule has 0 aliphatic rings. The maximum absolute atomic E-state index is 10.9. The zero-order valence-corrected chi connectivity index (χ0v) is 12.0. The number of nitrogens with zero attached hydrogens (tertiary/aromatic N) is 2. The average molecular weight is 279 g/mol. The predicted molar refractivity (Wildman–Crippen MR) is 81.6 cm³/mol. The smallest absolute Gasteiger partial charge is 0.244 e. The molecule has 3 nitrogen and oxygen atoms in total. The van der Waals surface area contributed by atoms with Gasteiger partial charge < -0.3 is 5.11 Å². The number of aromatic nitrogens is 2. The van der Waals surface area contributed by atoms with Crippen molar-refractivity contribution in [2.45, 2.75) is 12.1 Å². The number of rotatable bonds is 4. The highest BCUT2D eigenvalue weighted by atomic mass is 16.3. The van der Waals surface area contributed by atoms with Gasteiger partial charge in [0.15, 0.2) is 6.04 Å². The highest BCUT2D eigenvalue weighted by Crippen LogP contribution is 2.31. The Labute approximate surface area is 124 Å². The SMILES string of the molecule is C[n+]1ccn([C@@H](c2ccccc2)[C@H](O)c2ccccc2)c1. The van der Waals surface area contributed by atoms with Crippen LogP contribution in [0.1, 0.15) is 23.3 Å². The van der Waals surface area contributed by atoms with E-state index in [0.29, 0.717) is 0 Å². The molecule has 0 radical (unpaired) electrons. The molecule has 0 spiro atoms. The van der Waals surface area contributed by atoms with Crippen LogP contribution in [-0.4, -0.2) is 9.67 Å². The number of aliphatic hydroxyl groups excluding tert-OH is 1. The molecule has 0 saturated heterocycles. The van der Waals surface area contributed by atoms with Gasteiger partial charge in [-0.3, -0.25) is 0 Å². The van der Waals surface area contributed by atoms with E-state index in [-0.39, 0.29) is 6.04 Å². The lowest BCUT2D eigenvalue weighted by Gasteiger charge is -2.21. The van der Waals surface area contributed by atoms with Crippen LogP contribution in [-0.2, 0) is 7.05 Å². The van der Waals surface area contributed by atoms with Crippen molar-refractivity contribution in [1.82, 2.24) is 4.57 Å². The van der Waals surface area contributed by atoms with E-state index in [1.165, 1.54) is 0 Å². The van der Waals surface area contributed by atoms with Crippen molar-refractivity contribution in [2.75, 3.05) is 0 Å². The molecule has 0 amide bonds. The summed E-state index contributed by atoms with van der Waals surface area (Å²) in [5.74, 6) is 0. The normalized spacial score (nSPS) is 13.8. The molecule has 0 aliphatic heterocycles. The molecule has 1 heterocycles. The quantitative estimate of drug-likeness (QED) is 0.731. The molecule has 0 bridgehead atoms. The summed E-state index contributed by atoms with van der Waals surface area (Å²) >= 11 is 0. The molecular weight excluding hydrogens is 260 g/mol. The minimum absolute atomic E-state index is 0.144. The van der Waals surface area contributed by atoms with E-state index in [9.17, 15) is 5.11 Å². The predicted octanol–water partition coefficient (Wildman–Crippen LogP) is 2.64. The second kappa shape index (κ2) is 5.94. The first-order valence-electron chi connectivity index (χ1n) is 7.06. The minimum atomic E-state index is -0.596. The van der Waals surface area contributed by atoms with Gasteiger partial charge in [0.05, 0.1) is 7.05 Å². The molecule has 106 valence electrons. The van der Waals surface area contributed by atoms with Crippen LogP contribution in [0.2, 0.25) is 0 Å². The Hall–Kier alpha value is -2.39. The Morgan fingerprint density at radius 3 is 2.00 bits per heavy atom. The lowest BCUT2D eigenvalue weighted by molar-refractivity contribution is -0.671. The van der Waals surface area contributed by atoms with Gasteiger partial charge in [0.25, 0.3) is 0 Å². The molecule has 3 rings (SSSR count). The van der Waals surface area contributed by atoms with Gasteiger partial charge in [-0.1, -0.05) is 60.7 Å². The Morgan fingerprint density at radius 2 is 1.48 bits per heavy atom. The number of imidazole rings is 1. The summed E-state index contributed by atoms with van der Waals surface area (Å²) in [6.45, 7) is 0. The van der Waals surface area contributed by atoms with Gasteiger partial charge in [0, 0.05) is 0 Å². The molecular formula is C18H19N2O+. The highest BCUT2D eigenvalue weighted by Gasteiger charge is 2.28. The van der Waals surface area contributed by atoms with Crippen LogP contribution in [0.5, 0.6) is 0 Å². The average Bonchev–Trinajstić information content (AvgIpc) is 2.95. The third-order valence-electron chi connectivity index (χ3n) is 3.69. The maximum Gasteiger partial charge on any atom is 0.244 e. The topological polar surface area (TPSA) is 29.0 Å². The van der Waals surface area contributed by atoms with Gasteiger partial charge in [-0.15, -0.1) is 0 Å². The summed E-state index contributed by atoms with van der Waals surface area (Å²) in [6, 6.07) is 19.8. The maximum atomic E-state index is 10.9. The van der Waals surface area contributed by atoms with Gasteiger partial charge in [-0.25, -0.2) is 9.13 Å². The van der Waals surface area contributed by atoms with Crippen molar-refractivity contribution in [1.29, 1.82) is 0 Å². The number of aliphatic hydroxyl groups is 1. The van der Waals surface area contributed by atoms with Crippen LogP contribution in [0.25, 0.3) is 0 Å². The van der Waals surface area contributed by atoms with E-state index >= 15 is 0 Å². The summed E-state index contributed by atoms with van der Waals surface area (Å²) in [5, 5.41) is 10.9. The Morgan fingerprint density at radius 1 is 0.905 bits per heavy atom. The fourth-order valence-electron chi connectivity index (χ4n) is 2.63. The van der Waals surface area contributed by atoms with Gasteiger partial charge in [0.2, 0.25) is 6.33 Å². The number of hydrogen-bond donors (Lipinski definition) is 1. The number of aryl methyl sites for hydroxylation is 1. The molecule has 0 saturated carbocycles. The third kappa shape index (κ3) is 2.88. The van der Waals surface area contributed by atoms with E-state index in [2.05, 4.69) is 12.1 Å². The molecule has 3 aromatic rings. The Bertz CT molecular complexity index is 692. The molecule has 2 aromatic carbocycles. The van der Waals surface area contributed by atoms with Gasteiger partial charge >= 0.3 is 0 Å². The van der Waals surface area contributed by atoms with Crippen molar-refractivity contribution in [3.63, 3.8) is 0 Å². The van der Waals surface area contributed by atoms with Crippen LogP contribution in [0.15, 0.2) is 79.4 Å². The molecule has 0 aliphatic carbocycles. The van der Waals surface area contributed by atoms with Crippen LogP contribution >= 0.6 is 0 Å². The second-order valence-corrected chi connectivity index (χ2v) is 5.24. The largest absolute Gasteiger partial charge is 0.384 e. The number of benzene rings is 2. The first-order chi connectivity index (χ1) is 10.3. The van der Waals surface area contributed by atoms with E-state index in [0.717, 1.165) is 11.1 Å². The van der Waals surface area contributed by atoms with Gasteiger partial charge in [-0.2, -0.15) is 0 Å². The fourth-order valence-corrected chi connectivity index (χ4v) is 2.63. The zero-order chi connectivity index (χ0) is 14.7. The third-order valence-corrected chi connectivity index (χ3v) is 3.69. The van der Waals surface area contributed by atoms with Crippen LogP contribution in [0.4, 0.5) is 0 Å². The van der Waals surface area contributed by atoms with E-state index in [1.807, 2.05) is 83.4 Å². The van der Waals surface area contributed by atoms with Crippen molar-refractivity contribution in [3.8, 4) is 0 Å². The highest BCUT2D eigenvalue weighted by molar-refractivity contribution is 5.26. The van der Waals surface area contributed by atoms with Crippen LogP contribution in [0, 0.1) is 0 Å². The standard InChI is InChI=1S/C18H19N2O/c1-19-12-13-20(14-19)17(15-8-4-2-5-9-15)18(21)16-10-6-3-7-11-16/h2-14,17-18,21H,1H3/q+1/t17-,18+/m0/s1. The minimum Gasteiger partial charge on any atom is -0.384 e. The first kappa shape index (κ1) is 13.6. The van der Waals surface area contributed by atoms with Crippen LogP contribution < -0.4 is 4.57 Å². The zero-order valence-electron chi connectivity index (χ0n) is 12.0. The summed E-state index contributed by atoms with van der Waals surface area (Å²) in [7, 11) is 1.98. The van der Waals surface area contributed by atoms with Gasteiger partial charge in [-0.05, 0) is 11.1 Å². The summed E-state index contributed by atoms with van der Waals surface area (Å²) in [4.78, 5) is 0. The van der Waals surface area contributed by atoms with Crippen LogP contribution in [0.3, 0.4) is 0 Å². The molecule has 21 heavy (non-hydrogen) atoms. The molecule has 0 unspecified atom stereocenters. The summed E-state index contributed by atoms with van der Waals surface area (Å²) < 4.78 is 4.03. The number of hydrogen-bond acceptors (Lipinski definition) is 1. The molecule has 2 atom stereocenters. The van der Waals surface area contributed by atoms with Crippen molar-refractivity contribution >= 4 is 0 Å². The molecule has 0 fully saturated rings. The summed E-state index contributed by atoms with van der Waals surface area (Å²) in [5.41, 5.74) is 2.01. The van der Waals surface area contributed by atoms with Crippen molar-refractivity contribution in [3.05, 3.63) is 90.5 Å². The first-order valence-corrected chi connectivity index (χ1v) is 7.06. The lowest BCUT2D eigenvalue weighted by Crippen LogP contribution is -2.26. The molecule has 1 N–H and O–H groups in total. The molecule has 1 aromatic heterocycles. The van der Waals surface area contributed by atoms with Crippen molar-refractivity contribution in [2.24, 2.45) is 7.05 Å². The van der Waals surface area contributed by atoms with E-state index in [4.69, 9.17) is 0 Å². The molecule has 3 heteroatoms. The Balaban J connectivity index is 2.04. The van der Waals surface area contributed by atoms with E-state index in [1.54, 1.807) is 0 Å². The second-order valence-electron chi connectivity index (χ2n) is 5.24. The van der Waals surface area contributed by atoms with Gasteiger partial charge in [0.1, 0.15) is 18.5 Å². The Kier molecular flexibility index (Phi) is 3.84. The van der Waals surface area contributed by atoms with E-state index < -0.39 is 6.10 Å². The van der Waals surface area contributed by atoms with Crippen molar-refractivity contribution < 1.29 is 9.67 Å². The lowest BCUT2D eigenvalue weighted by atomic mass is 9.95. The monoisotopic (exact) mass is 279 g/mol. The fraction of sp³-hybridized carbons (Fsp3) is 0.167. The summed E-state index contributed by atoms with van der Waals surface area (Å²) in [6.07, 6.45) is 5.36.